The van der Waals surface area contributed by atoms with Crippen LogP contribution in [0.1, 0.15) is 35.7 Å². The monoisotopic (exact) mass is 214 g/mol. The van der Waals surface area contributed by atoms with Crippen LogP contribution in [0.4, 0.5) is 0 Å². The molecule has 2 heteroatoms. The Hall–Kier alpha value is -1.83. The van der Waals surface area contributed by atoms with Crippen molar-refractivity contribution in [3.63, 3.8) is 0 Å². The summed E-state index contributed by atoms with van der Waals surface area (Å²) in [5.74, 6) is -0.473. The lowest BCUT2D eigenvalue weighted by atomic mass is 9.93. The smallest absolute Gasteiger partial charge is 0.336 e. The van der Waals surface area contributed by atoms with Gasteiger partial charge in [-0.25, -0.2) is 4.79 Å². The number of hydrogen-bond donors (Lipinski definition) is 1. The standard InChI is InChI=1S/C14H14O2/c1-9(2)10-7-8-13(14(15)16)12-6-4-3-5-11(10)12/h3-9H,1-2H3,(H,15,16). The van der Waals surface area contributed by atoms with Crippen LogP contribution in [0.5, 0.6) is 0 Å². The molecule has 2 rings (SSSR count). The lowest BCUT2D eigenvalue weighted by Crippen LogP contribution is -1.99. The highest BCUT2D eigenvalue weighted by molar-refractivity contribution is 6.04. The number of rotatable bonds is 2. The fourth-order valence-corrected chi connectivity index (χ4v) is 2.01. The SMILES string of the molecule is CC(C)c1ccc(C(=O)O)c2ccccc12. The van der Waals surface area contributed by atoms with E-state index in [9.17, 15) is 4.79 Å². The minimum atomic E-state index is -0.869. The number of carboxylic acids is 1. The molecule has 0 radical (unpaired) electrons. The van der Waals surface area contributed by atoms with Crippen LogP contribution >= 0.6 is 0 Å². The Balaban J connectivity index is 2.82. The van der Waals surface area contributed by atoms with Crippen molar-refractivity contribution in [3.05, 3.63) is 47.5 Å². The number of benzene rings is 2. The summed E-state index contributed by atoms with van der Waals surface area (Å²) in [4.78, 5) is 11.1. The maximum absolute atomic E-state index is 11.1. The van der Waals surface area contributed by atoms with E-state index in [0.29, 0.717) is 11.5 Å². The molecule has 0 aliphatic carbocycles. The minimum Gasteiger partial charge on any atom is -0.478 e. The van der Waals surface area contributed by atoms with Gasteiger partial charge in [0.2, 0.25) is 0 Å². The van der Waals surface area contributed by atoms with Crippen molar-refractivity contribution in [2.24, 2.45) is 0 Å². The van der Waals surface area contributed by atoms with Crippen molar-refractivity contribution in [1.29, 1.82) is 0 Å². The average Bonchev–Trinajstić information content (AvgIpc) is 2.27. The summed E-state index contributed by atoms with van der Waals surface area (Å²) in [7, 11) is 0. The molecule has 0 atom stereocenters. The number of hydrogen-bond acceptors (Lipinski definition) is 1. The van der Waals surface area contributed by atoms with Crippen molar-refractivity contribution in [2.45, 2.75) is 19.8 Å². The van der Waals surface area contributed by atoms with Crippen LogP contribution in [0.15, 0.2) is 36.4 Å². The molecule has 0 saturated heterocycles. The van der Waals surface area contributed by atoms with E-state index >= 15 is 0 Å². The van der Waals surface area contributed by atoms with E-state index in [1.807, 2.05) is 30.3 Å². The zero-order valence-corrected chi connectivity index (χ0v) is 9.40. The minimum absolute atomic E-state index is 0.375. The summed E-state index contributed by atoms with van der Waals surface area (Å²) < 4.78 is 0. The van der Waals surface area contributed by atoms with Gasteiger partial charge in [-0.3, -0.25) is 0 Å². The largest absolute Gasteiger partial charge is 0.478 e. The summed E-state index contributed by atoms with van der Waals surface area (Å²) in [6, 6.07) is 11.3. The summed E-state index contributed by atoms with van der Waals surface area (Å²) in [6.45, 7) is 4.23. The molecule has 0 heterocycles. The van der Waals surface area contributed by atoms with Crippen molar-refractivity contribution in [1.82, 2.24) is 0 Å². The predicted octanol–water partition coefficient (Wildman–Crippen LogP) is 3.66. The van der Waals surface area contributed by atoms with Gasteiger partial charge in [-0.1, -0.05) is 44.2 Å². The third-order valence-corrected chi connectivity index (χ3v) is 2.81. The van der Waals surface area contributed by atoms with E-state index in [0.717, 1.165) is 10.8 Å². The van der Waals surface area contributed by atoms with Crippen LogP contribution in [-0.4, -0.2) is 11.1 Å². The molecule has 0 aliphatic rings. The Labute approximate surface area is 94.5 Å². The molecule has 2 aromatic rings. The van der Waals surface area contributed by atoms with Crippen LogP contribution in [0.3, 0.4) is 0 Å². The average molecular weight is 214 g/mol. The Bertz CT molecular complexity index is 541. The molecule has 82 valence electrons. The van der Waals surface area contributed by atoms with Gasteiger partial charge >= 0.3 is 5.97 Å². The molecule has 0 amide bonds. The summed E-state index contributed by atoms with van der Waals surface area (Å²) in [5, 5.41) is 11.0. The van der Waals surface area contributed by atoms with Crippen LogP contribution in [-0.2, 0) is 0 Å². The zero-order chi connectivity index (χ0) is 11.7. The zero-order valence-electron chi connectivity index (χ0n) is 9.40. The molecular weight excluding hydrogens is 200 g/mol. The van der Waals surface area contributed by atoms with E-state index in [1.54, 1.807) is 6.07 Å². The normalized spacial score (nSPS) is 10.9. The van der Waals surface area contributed by atoms with Gasteiger partial charge in [-0.2, -0.15) is 0 Å². The number of carboxylic acid groups (broad SMARTS) is 1. The van der Waals surface area contributed by atoms with E-state index in [1.165, 1.54) is 5.56 Å². The molecule has 0 unspecified atom stereocenters. The second-order valence-corrected chi connectivity index (χ2v) is 4.21. The topological polar surface area (TPSA) is 37.3 Å². The van der Waals surface area contributed by atoms with Crippen molar-refractivity contribution in [3.8, 4) is 0 Å². The summed E-state index contributed by atoms with van der Waals surface area (Å²) >= 11 is 0. The number of aromatic carboxylic acids is 1. The molecule has 1 N–H and O–H groups in total. The Kier molecular flexibility index (Phi) is 2.65. The number of fused-ring (bicyclic) bond motifs is 1. The summed E-state index contributed by atoms with van der Waals surface area (Å²) in [6.07, 6.45) is 0. The van der Waals surface area contributed by atoms with Crippen molar-refractivity contribution < 1.29 is 9.90 Å². The first-order valence-corrected chi connectivity index (χ1v) is 5.36. The fourth-order valence-electron chi connectivity index (χ4n) is 2.01. The Morgan fingerprint density at radius 2 is 1.69 bits per heavy atom. The quantitative estimate of drug-likeness (QED) is 0.828. The maximum Gasteiger partial charge on any atom is 0.336 e. The van der Waals surface area contributed by atoms with Gasteiger partial charge in [0.15, 0.2) is 0 Å². The van der Waals surface area contributed by atoms with Crippen LogP contribution < -0.4 is 0 Å². The molecule has 0 saturated carbocycles. The highest BCUT2D eigenvalue weighted by Gasteiger charge is 2.11. The first-order chi connectivity index (χ1) is 7.61. The van der Waals surface area contributed by atoms with E-state index in [2.05, 4.69) is 13.8 Å². The van der Waals surface area contributed by atoms with Crippen LogP contribution in [0.25, 0.3) is 10.8 Å². The van der Waals surface area contributed by atoms with E-state index < -0.39 is 5.97 Å². The first-order valence-electron chi connectivity index (χ1n) is 5.36. The Morgan fingerprint density at radius 1 is 1.06 bits per heavy atom. The Morgan fingerprint density at radius 3 is 2.25 bits per heavy atom. The summed E-state index contributed by atoms with van der Waals surface area (Å²) in [5.41, 5.74) is 1.57. The van der Waals surface area contributed by atoms with Crippen LogP contribution in [0.2, 0.25) is 0 Å². The van der Waals surface area contributed by atoms with Gasteiger partial charge in [0.05, 0.1) is 5.56 Å². The second kappa shape index (κ2) is 3.97. The van der Waals surface area contributed by atoms with Gasteiger partial charge in [0.1, 0.15) is 0 Å². The molecule has 2 aromatic carbocycles. The van der Waals surface area contributed by atoms with Gasteiger partial charge in [0.25, 0.3) is 0 Å². The molecule has 0 fully saturated rings. The lowest BCUT2D eigenvalue weighted by molar-refractivity contribution is 0.0699. The van der Waals surface area contributed by atoms with E-state index in [-0.39, 0.29) is 0 Å². The lowest BCUT2D eigenvalue weighted by Gasteiger charge is -2.11. The molecule has 0 aliphatic heterocycles. The van der Waals surface area contributed by atoms with Gasteiger partial charge < -0.3 is 5.11 Å². The molecule has 0 aromatic heterocycles. The van der Waals surface area contributed by atoms with Crippen molar-refractivity contribution in [2.75, 3.05) is 0 Å². The second-order valence-electron chi connectivity index (χ2n) is 4.21. The predicted molar refractivity (Wildman–Crippen MR) is 65.0 cm³/mol. The molecule has 0 spiro atoms. The van der Waals surface area contributed by atoms with Gasteiger partial charge in [-0.15, -0.1) is 0 Å². The van der Waals surface area contributed by atoms with Gasteiger partial charge in [-0.05, 0) is 28.3 Å². The van der Waals surface area contributed by atoms with Gasteiger partial charge in [0, 0.05) is 0 Å². The molecular formula is C14H14O2. The van der Waals surface area contributed by atoms with Crippen molar-refractivity contribution >= 4 is 16.7 Å². The van der Waals surface area contributed by atoms with Crippen LogP contribution in [0, 0.1) is 0 Å². The first kappa shape index (κ1) is 10.7. The maximum atomic E-state index is 11.1. The highest BCUT2D eigenvalue weighted by atomic mass is 16.4. The third-order valence-electron chi connectivity index (χ3n) is 2.81. The number of carbonyl (C=O) groups is 1. The van der Waals surface area contributed by atoms with E-state index in [4.69, 9.17) is 5.11 Å². The molecule has 16 heavy (non-hydrogen) atoms. The molecule has 0 bridgehead atoms. The highest BCUT2D eigenvalue weighted by Crippen LogP contribution is 2.27. The third kappa shape index (κ3) is 1.67. The molecule has 2 nitrogen and oxygen atoms in total. The fraction of sp³-hybridized carbons (Fsp3) is 0.214.